The number of H-pyrrole nitrogens is 1. The van der Waals surface area contributed by atoms with Crippen LogP contribution in [0, 0.1) is 6.92 Å². The first kappa shape index (κ1) is 9.27. The summed E-state index contributed by atoms with van der Waals surface area (Å²) in [6, 6.07) is 1.74. The fourth-order valence-corrected chi connectivity index (χ4v) is 1.87. The number of hydrogen-bond donors (Lipinski definition) is 1. The van der Waals surface area contributed by atoms with Crippen LogP contribution in [0.2, 0.25) is 5.15 Å². The van der Waals surface area contributed by atoms with E-state index in [1.165, 1.54) is 0 Å². The first-order valence-electron chi connectivity index (χ1n) is 4.39. The predicted molar refractivity (Wildman–Crippen MR) is 55.8 cm³/mol. The van der Waals surface area contributed by atoms with E-state index < -0.39 is 0 Å². The summed E-state index contributed by atoms with van der Waals surface area (Å²) in [6.07, 6.45) is 0. The first-order chi connectivity index (χ1) is 6.63. The van der Waals surface area contributed by atoms with Crippen molar-refractivity contribution in [3.05, 3.63) is 27.3 Å². The van der Waals surface area contributed by atoms with Crippen molar-refractivity contribution in [1.82, 2.24) is 14.8 Å². The Bertz CT molecular complexity index is 541. The lowest BCUT2D eigenvalue weighted by Gasteiger charge is -2.01. The number of aryl methyl sites for hydroxylation is 2. The number of aromatic nitrogens is 3. The minimum Gasteiger partial charge on any atom is -0.282 e. The third-order valence-electron chi connectivity index (χ3n) is 2.15. The molecule has 0 spiro atoms. The highest BCUT2D eigenvalue weighted by Crippen LogP contribution is 2.19. The molecule has 0 aromatic carbocycles. The highest BCUT2D eigenvalue weighted by atomic mass is 35.5. The maximum Gasteiger partial charge on any atom is 0.272 e. The molecule has 14 heavy (non-hydrogen) atoms. The minimum absolute atomic E-state index is 0.116. The number of halogens is 1. The Kier molecular flexibility index (Phi) is 2.07. The number of rotatable bonds is 1. The van der Waals surface area contributed by atoms with Gasteiger partial charge in [-0.25, -0.2) is 4.98 Å². The lowest BCUT2D eigenvalue weighted by atomic mass is 10.3. The van der Waals surface area contributed by atoms with Crippen LogP contribution in [0.15, 0.2) is 10.9 Å². The number of nitrogens with one attached hydrogen (secondary N) is 1. The van der Waals surface area contributed by atoms with E-state index in [-0.39, 0.29) is 5.56 Å². The van der Waals surface area contributed by atoms with Crippen LogP contribution in [0.1, 0.15) is 12.6 Å². The standard InChI is InChI=1S/C9H10ClN3O/c1-3-13-7-6(9(14)12-13)4-5(2)11-8(7)10/h4H,3H2,1-2H3,(H,12,14). The Labute approximate surface area is 85.5 Å². The van der Waals surface area contributed by atoms with Gasteiger partial charge in [-0.05, 0) is 19.9 Å². The van der Waals surface area contributed by atoms with E-state index in [4.69, 9.17) is 11.6 Å². The quantitative estimate of drug-likeness (QED) is 0.730. The van der Waals surface area contributed by atoms with E-state index >= 15 is 0 Å². The van der Waals surface area contributed by atoms with Crippen LogP contribution in [0.25, 0.3) is 10.9 Å². The third kappa shape index (κ3) is 1.23. The van der Waals surface area contributed by atoms with Crippen molar-refractivity contribution in [1.29, 1.82) is 0 Å². The summed E-state index contributed by atoms with van der Waals surface area (Å²) in [5.74, 6) is 0. The van der Waals surface area contributed by atoms with E-state index in [0.29, 0.717) is 22.6 Å². The van der Waals surface area contributed by atoms with Gasteiger partial charge in [0.15, 0.2) is 5.15 Å². The highest BCUT2D eigenvalue weighted by molar-refractivity contribution is 6.33. The molecule has 0 bridgehead atoms. The van der Waals surface area contributed by atoms with Crippen molar-refractivity contribution >= 4 is 22.5 Å². The lowest BCUT2D eigenvalue weighted by molar-refractivity contribution is 0.675. The molecule has 0 saturated carbocycles. The molecule has 0 radical (unpaired) electrons. The van der Waals surface area contributed by atoms with Crippen LogP contribution in [-0.2, 0) is 6.54 Å². The fourth-order valence-electron chi connectivity index (χ4n) is 1.53. The van der Waals surface area contributed by atoms with Crippen LogP contribution in [0.5, 0.6) is 0 Å². The molecule has 2 aromatic rings. The zero-order chi connectivity index (χ0) is 10.3. The van der Waals surface area contributed by atoms with E-state index in [1.807, 2.05) is 13.8 Å². The second-order valence-corrected chi connectivity index (χ2v) is 3.49. The van der Waals surface area contributed by atoms with Gasteiger partial charge in [0.1, 0.15) is 5.52 Å². The van der Waals surface area contributed by atoms with Crippen LogP contribution in [0.3, 0.4) is 0 Å². The van der Waals surface area contributed by atoms with Crippen molar-refractivity contribution < 1.29 is 0 Å². The summed E-state index contributed by atoms with van der Waals surface area (Å²) >= 11 is 5.97. The second kappa shape index (κ2) is 3.13. The van der Waals surface area contributed by atoms with E-state index in [0.717, 1.165) is 5.69 Å². The summed E-state index contributed by atoms with van der Waals surface area (Å²) in [5.41, 5.74) is 1.32. The number of nitrogens with zero attached hydrogens (tertiary/aromatic N) is 2. The molecule has 0 aliphatic carbocycles. The maximum absolute atomic E-state index is 11.5. The molecule has 0 unspecified atom stereocenters. The number of fused-ring (bicyclic) bond motifs is 1. The molecule has 2 aromatic heterocycles. The average Bonchev–Trinajstić information content (AvgIpc) is 2.43. The molecule has 0 fully saturated rings. The third-order valence-corrected chi connectivity index (χ3v) is 2.41. The molecule has 0 aliphatic rings. The summed E-state index contributed by atoms with van der Waals surface area (Å²) < 4.78 is 1.70. The van der Waals surface area contributed by atoms with Crippen molar-refractivity contribution in [2.75, 3.05) is 0 Å². The summed E-state index contributed by atoms with van der Waals surface area (Å²) in [6.45, 7) is 4.42. The first-order valence-corrected chi connectivity index (χ1v) is 4.77. The molecular formula is C9H10ClN3O. The Hall–Kier alpha value is -1.29. The SMILES string of the molecule is CCn1[nH]c(=O)c2cc(C)nc(Cl)c21. The minimum atomic E-state index is -0.116. The van der Waals surface area contributed by atoms with Crippen LogP contribution in [-0.4, -0.2) is 14.8 Å². The normalized spacial score (nSPS) is 11.1. The van der Waals surface area contributed by atoms with Gasteiger partial charge in [0, 0.05) is 12.2 Å². The summed E-state index contributed by atoms with van der Waals surface area (Å²) in [5, 5.41) is 3.68. The maximum atomic E-state index is 11.5. The van der Waals surface area contributed by atoms with Crippen LogP contribution < -0.4 is 5.56 Å². The van der Waals surface area contributed by atoms with E-state index in [9.17, 15) is 4.79 Å². The second-order valence-electron chi connectivity index (χ2n) is 3.14. The van der Waals surface area contributed by atoms with Gasteiger partial charge < -0.3 is 0 Å². The van der Waals surface area contributed by atoms with Gasteiger partial charge in [0.05, 0.1) is 5.39 Å². The van der Waals surface area contributed by atoms with Crippen LogP contribution in [0.4, 0.5) is 0 Å². The smallest absolute Gasteiger partial charge is 0.272 e. The fraction of sp³-hybridized carbons (Fsp3) is 0.333. The van der Waals surface area contributed by atoms with E-state index in [1.54, 1.807) is 10.7 Å². The molecule has 4 nitrogen and oxygen atoms in total. The van der Waals surface area contributed by atoms with Crippen molar-refractivity contribution in [3.63, 3.8) is 0 Å². The van der Waals surface area contributed by atoms with Gasteiger partial charge in [-0.3, -0.25) is 14.6 Å². The zero-order valence-corrected chi connectivity index (χ0v) is 8.72. The zero-order valence-electron chi connectivity index (χ0n) is 7.97. The Morgan fingerprint density at radius 2 is 2.36 bits per heavy atom. The van der Waals surface area contributed by atoms with Gasteiger partial charge in [-0.2, -0.15) is 0 Å². The van der Waals surface area contributed by atoms with Gasteiger partial charge in [0.2, 0.25) is 0 Å². The number of pyridine rings is 1. The molecule has 0 aliphatic heterocycles. The molecule has 0 amide bonds. The lowest BCUT2D eigenvalue weighted by Crippen LogP contribution is -2.03. The molecule has 1 N–H and O–H groups in total. The molecule has 0 saturated heterocycles. The van der Waals surface area contributed by atoms with Crippen LogP contribution >= 0.6 is 11.6 Å². The predicted octanol–water partition coefficient (Wildman–Crippen LogP) is 1.71. The van der Waals surface area contributed by atoms with Gasteiger partial charge in [0.25, 0.3) is 5.56 Å². The number of aromatic amines is 1. The topological polar surface area (TPSA) is 50.7 Å². The molecular weight excluding hydrogens is 202 g/mol. The number of hydrogen-bond acceptors (Lipinski definition) is 2. The largest absolute Gasteiger partial charge is 0.282 e. The Morgan fingerprint density at radius 1 is 1.64 bits per heavy atom. The molecule has 74 valence electrons. The van der Waals surface area contributed by atoms with Crippen molar-refractivity contribution in [2.24, 2.45) is 0 Å². The monoisotopic (exact) mass is 211 g/mol. The van der Waals surface area contributed by atoms with Gasteiger partial charge >= 0.3 is 0 Å². The van der Waals surface area contributed by atoms with Crippen molar-refractivity contribution in [3.8, 4) is 0 Å². The molecule has 2 rings (SSSR count). The Morgan fingerprint density at radius 3 is 3.00 bits per heavy atom. The average molecular weight is 212 g/mol. The van der Waals surface area contributed by atoms with Crippen molar-refractivity contribution in [2.45, 2.75) is 20.4 Å². The van der Waals surface area contributed by atoms with Gasteiger partial charge in [-0.1, -0.05) is 11.6 Å². The van der Waals surface area contributed by atoms with E-state index in [2.05, 4.69) is 10.1 Å². The summed E-state index contributed by atoms with van der Waals surface area (Å²) in [7, 11) is 0. The highest BCUT2D eigenvalue weighted by Gasteiger charge is 2.10. The molecule has 2 heterocycles. The summed E-state index contributed by atoms with van der Waals surface area (Å²) in [4.78, 5) is 15.6. The Balaban J connectivity index is 2.97. The molecule has 5 heteroatoms. The molecule has 0 atom stereocenters. The van der Waals surface area contributed by atoms with Gasteiger partial charge in [-0.15, -0.1) is 0 Å².